The Labute approximate surface area is 188 Å². The summed E-state index contributed by atoms with van der Waals surface area (Å²) >= 11 is 13.9. The number of esters is 1. The van der Waals surface area contributed by atoms with Crippen molar-refractivity contribution in [2.75, 3.05) is 18.1 Å². The highest BCUT2D eigenvalue weighted by Crippen LogP contribution is 2.33. The Morgan fingerprint density at radius 3 is 2.63 bits per heavy atom. The molecule has 0 aromatic heterocycles. The number of hydrogen-bond donors (Lipinski definition) is 1. The first-order valence-corrected chi connectivity index (χ1v) is 11.0. The lowest BCUT2D eigenvalue weighted by molar-refractivity contribution is -0.138. The molecule has 2 aromatic rings. The van der Waals surface area contributed by atoms with Crippen LogP contribution in [0.5, 0.6) is 0 Å². The maximum Gasteiger partial charge on any atom is 0.354 e. The van der Waals surface area contributed by atoms with Gasteiger partial charge in [-0.3, -0.25) is 0 Å². The zero-order chi connectivity index (χ0) is 21.7. The van der Waals surface area contributed by atoms with Crippen LogP contribution in [0.2, 0.25) is 10.0 Å². The highest BCUT2D eigenvalue weighted by Gasteiger charge is 2.25. The summed E-state index contributed by atoms with van der Waals surface area (Å²) in [4.78, 5) is 17.0. The van der Waals surface area contributed by atoms with Gasteiger partial charge in [0, 0.05) is 22.1 Å². The molecule has 30 heavy (non-hydrogen) atoms. The van der Waals surface area contributed by atoms with E-state index in [0.717, 1.165) is 11.1 Å². The van der Waals surface area contributed by atoms with Crippen molar-refractivity contribution in [2.45, 2.75) is 6.92 Å². The normalized spacial score (nSPS) is 18.5. The average molecular weight is 465 g/mol. The van der Waals surface area contributed by atoms with Gasteiger partial charge in [0.05, 0.1) is 23.0 Å². The van der Waals surface area contributed by atoms with Crippen LogP contribution in [0.4, 0.5) is 10.1 Å². The molecule has 0 spiro atoms. The van der Waals surface area contributed by atoms with Crippen molar-refractivity contribution in [1.82, 2.24) is 0 Å². The highest BCUT2D eigenvalue weighted by molar-refractivity contribution is 7.99. The monoisotopic (exact) mass is 464 g/mol. The molecule has 1 aliphatic heterocycles. The van der Waals surface area contributed by atoms with E-state index in [4.69, 9.17) is 38.7 Å². The van der Waals surface area contributed by atoms with Gasteiger partial charge in [0.15, 0.2) is 0 Å². The molecular weight excluding hydrogens is 446 g/mol. The van der Waals surface area contributed by atoms with Crippen molar-refractivity contribution in [3.63, 3.8) is 0 Å². The fourth-order valence-electron chi connectivity index (χ4n) is 2.83. The van der Waals surface area contributed by atoms with Gasteiger partial charge >= 0.3 is 5.97 Å². The van der Waals surface area contributed by atoms with Gasteiger partial charge in [-0.2, -0.15) is 11.8 Å². The minimum absolute atomic E-state index is 0.0119. The summed E-state index contributed by atoms with van der Waals surface area (Å²) in [5.74, 6) is 0.228. The van der Waals surface area contributed by atoms with Gasteiger partial charge in [-0.05, 0) is 54.5 Å². The summed E-state index contributed by atoms with van der Waals surface area (Å²) in [6, 6.07) is 11.1. The molecule has 1 aliphatic rings. The number of aliphatic imine (C=N–C) groups is 1. The van der Waals surface area contributed by atoms with E-state index in [1.807, 2.05) is 6.08 Å². The number of rotatable bonds is 4. The van der Waals surface area contributed by atoms with Crippen LogP contribution in [-0.2, 0) is 9.53 Å². The average Bonchev–Trinajstić information content (AvgIpc) is 2.72. The largest absolute Gasteiger partial charge is 0.461 e. The molecule has 1 heterocycles. The number of nitrogens with zero attached hydrogens (tertiary/aromatic N) is 1. The van der Waals surface area contributed by atoms with Crippen LogP contribution in [-0.4, -0.2) is 29.8 Å². The van der Waals surface area contributed by atoms with Crippen LogP contribution in [0.25, 0.3) is 6.08 Å². The SMILES string of the molecule is CCOC(=O)C(N)=C1CSC/C(=C\c2ccc(F)cc2)C1=Nc1ccc(Cl)cc1Cl. The second kappa shape index (κ2) is 10.2. The van der Waals surface area contributed by atoms with E-state index < -0.39 is 5.97 Å². The van der Waals surface area contributed by atoms with Crippen molar-refractivity contribution < 1.29 is 13.9 Å². The van der Waals surface area contributed by atoms with E-state index >= 15 is 0 Å². The van der Waals surface area contributed by atoms with E-state index in [0.29, 0.717) is 38.5 Å². The third kappa shape index (κ3) is 5.45. The number of halogens is 3. The number of nitrogens with two attached hydrogens (primary N) is 1. The Hall–Kier alpha value is -2.28. The Kier molecular flexibility index (Phi) is 7.58. The molecule has 1 saturated heterocycles. The van der Waals surface area contributed by atoms with Gasteiger partial charge in [0.25, 0.3) is 0 Å². The van der Waals surface area contributed by atoms with Crippen molar-refractivity contribution in [3.8, 4) is 0 Å². The second-order valence-electron chi connectivity index (χ2n) is 6.38. The fourth-order valence-corrected chi connectivity index (χ4v) is 4.32. The van der Waals surface area contributed by atoms with Crippen molar-refractivity contribution in [3.05, 3.63) is 80.7 Å². The Balaban J connectivity index is 2.15. The fraction of sp³-hybridized carbons (Fsp3) is 0.182. The van der Waals surface area contributed by atoms with Crippen LogP contribution in [0, 0.1) is 5.82 Å². The van der Waals surface area contributed by atoms with Gasteiger partial charge in [0.2, 0.25) is 0 Å². The Morgan fingerprint density at radius 1 is 1.23 bits per heavy atom. The summed E-state index contributed by atoms with van der Waals surface area (Å²) in [5, 5.41) is 0.871. The zero-order valence-corrected chi connectivity index (χ0v) is 18.5. The second-order valence-corrected chi connectivity index (χ2v) is 8.21. The minimum Gasteiger partial charge on any atom is -0.461 e. The number of thioether (sulfide) groups is 1. The van der Waals surface area contributed by atoms with Crippen LogP contribution >= 0.6 is 35.0 Å². The summed E-state index contributed by atoms with van der Waals surface area (Å²) < 4.78 is 18.4. The van der Waals surface area contributed by atoms with Gasteiger partial charge in [0.1, 0.15) is 11.5 Å². The Bertz CT molecular complexity index is 1050. The molecule has 2 N–H and O–H groups in total. The molecule has 2 aromatic carbocycles. The molecule has 0 atom stereocenters. The molecule has 156 valence electrons. The van der Waals surface area contributed by atoms with Gasteiger partial charge in [-0.25, -0.2) is 14.2 Å². The smallest absolute Gasteiger partial charge is 0.354 e. The molecule has 0 aliphatic carbocycles. The van der Waals surface area contributed by atoms with Gasteiger partial charge in [-0.1, -0.05) is 35.3 Å². The van der Waals surface area contributed by atoms with Crippen LogP contribution < -0.4 is 5.73 Å². The third-order valence-corrected chi connectivity index (χ3v) is 5.81. The minimum atomic E-state index is -0.592. The van der Waals surface area contributed by atoms with E-state index in [-0.39, 0.29) is 18.1 Å². The third-order valence-electron chi connectivity index (χ3n) is 4.27. The standard InChI is InChI=1S/C22H19Cl2FN2O2S/c1-2-29-22(28)20(26)17-12-30-11-14(9-13-3-6-16(25)7-4-13)21(17)27-19-8-5-15(23)10-18(19)24/h3-10H,2,11-12,26H2,1H3/b14-9+,20-17?,27-21?. The van der Waals surface area contributed by atoms with Gasteiger partial charge in [-0.15, -0.1) is 0 Å². The number of benzene rings is 2. The predicted molar refractivity (Wildman–Crippen MR) is 123 cm³/mol. The van der Waals surface area contributed by atoms with Crippen molar-refractivity contribution in [1.29, 1.82) is 0 Å². The summed E-state index contributed by atoms with van der Waals surface area (Å²) in [5.41, 5.74) is 9.42. The molecule has 0 saturated carbocycles. The van der Waals surface area contributed by atoms with Crippen LogP contribution in [0.3, 0.4) is 0 Å². The first-order chi connectivity index (χ1) is 14.4. The van der Waals surface area contributed by atoms with Crippen LogP contribution in [0.15, 0.2) is 64.3 Å². The Morgan fingerprint density at radius 2 is 1.97 bits per heavy atom. The number of carbonyl (C=O) groups excluding carboxylic acids is 1. The number of ether oxygens (including phenoxy) is 1. The molecule has 0 amide bonds. The van der Waals surface area contributed by atoms with Crippen molar-refractivity contribution >= 4 is 58.4 Å². The van der Waals surface area contributed by atoms with E-state index in [2.05, 4.69) is 0 Å². The van der Waals surface area contributed by atoms with E-state index in [9.17, 15) is 9.18 Å². The quantitative estimate of drug-likeness (QED) is 0.457. The number of carbonyl (C=O) groups is 1. The highest BCUT2D eigenvalue weighted by atomic mass is 35.5. The topological polar surface area (TPSA) is 64.7 Å². The maximum atomic E-state index is 13.3. The first kappa shape index (κ1) is 22.4. The molecule has 1 fully saturated rings. The first-order valence-electron chi connectivity index (χ1n) is 9.13. The molecule has 0 unspecified atom stereocenters. The molecule has 4 nitrogen and oxygen atoms in total. The van der Waals surface area contributed by atoms with Crippen molar-refractivity contribution in [2.24, 2.45) is 10.7 Å². The molecular formula is C22H19Cl2FN2O2S. The maximum absolute atomic E-state index is 13.3. The summed E-state index contributed by atoms with van der Waals surface area (Å²) in [6.45, 7) is 1.93. The summed E-state index contributed by atoms with van der Waals surface area (Å²) in [7, 11) is 0. The van der Waals surface area contributed by atoms with E-state index in [1.54, 1.807) is 49.0 Å². The molecule has 0 radical (unpaired) electrons. The van der Waals surface area contributed by atoms with Gasteiger partial charge < -0.3 is 10.5 Å². The molecule has 8 heteroatoms. The van der Waals surface area contributed by atoms with E-state index in [1.165, 1.54) is 12.1 Å². The molecule has 0 bridgehead atoms. The molecule has 3 rings (SSSR count). The lowest BCUT2D eigenvalue weighted by Gasteiger charge is -2.22. The summed E-state index contributed by atoms with van der Waals surface area (Å²) in [6.07, 6.45) is 1.90. The lowest BCUT2D eigenvalue weighted by atomic mass is 9.99. The predicted octanol–water partition coefficient (Wildman–Crippen LogP) is 5.81. The zero-order valence-electron chi connectivity index (χ0n) is 16.1. The lowest BCUT2D eigenvalue weighted by Crippen LogP contribution is -2.26. The number of hydrogen-bond acceptors (Lipinski definition) is 5. The van der Waals surface area contributed by atoms with Crippen LogP contribution in [0.1, 0.15) is 12.5 Å².